The Morgan fingerprint density at radius 1 is 0.337 bits per heavy atom. The quantitative estimate of drug-likeness (QED) is 0.0939. The molecule has 0 N–H and O–H groups in total. The van der Waals surface area contributed by atoms with Gasteiger partial charge in [-0.15, -0.1) is 0 Å². The number of aromatic nitrogens is 4. The number of nitrogens with zero attached hydrogens (tertiary/aromatic N) is 4. The first-order chi connectivity index (χ1) is 58.8. The molecule has 0 aliphatic carbocycles. The number of halogens is 1. The molecule has 0 bridgehead atoms. The van der Waals surface area contributed by atoms with E-state index in [1.54, 1.807) is 24.5 Å². The molecule has 0 saturated carbocycles. The molecule has 0 atom stereocenters. The van der Waals surface area contributed by atoms with E-state index in [0.29, 0.717) is 22.0 Å². The Morgan fingerprint density at radius 2 is 0.745 bits per heavy atom. The summed E-state index contributed by atoms with van der Waals surface area (Å²) in [5.74, 6) is 0. The maximum Gasteiger partial charge on any atom is 0.495 e. The number of rotatable bonds is 6. The second kappa shape index (κ2) is 24.7. The van der Waals surface area contributed by atoms with Crippen molar-refractivity contribution in [2.45, 2.75) is 38.9 Å². The number of hydrogen-bond donors (Lipinski definition) is 0. The predicted molar refractivity (Wildman–Crippen MR) is 416 cm³/mol. The van der Waals surface area contributed by atoms with Crippen LogP contribution in [0.1, 0.15) is 63.3 Å². The van der Waals surface area contributed by atoms with E-state index in [2.05, 4.69) is 120 Å². The normalized spacial score (nSPS) is 17.1. The fourth-order valence-electron chi connectivity index (χ4n) is 13.0. The van der Waals surface area contributed by atoms with Crippen LogP contribution in [-0.4, -0.2) is 38.3 Å². The average molecular weight is 1350 g/mol. The molecule has 466 valence electrons. The van der Waals surface area contributed by atoms with E-state index in [0.717, 1.165) is 76.5 Å². The molecule has 1 aliphatic rings. The van der Waals surface area contributed by atoms with Gasteiger partial charge in [-0.1, -0.05) is 272 Å². The molecule has 8 heteroatoms. The molecule has 0 amide bonds. The standard InChI is InChI=1S/C42H26N2.C28H25BN2O2.C20H13Br/c1-2-10-28(11-3-1)40-33-14-6-8-16-35(33)41(36-17-9-7-15-34(36)40)37-22-21-32(30-12-4-5-13-31(30)37)39-23-20-29-19-18-27-24-25-43-26-38(27)42(29)44-39;1-27(2)28(3,4)33-29(32-27)23-15-14-22(20-9-5-6-10-21(20)23)24-16-13-19-12-11-18-8-7-17-30-25(18)26(19)31-24;21-20-17-12-6-4-10-15(17)19(14-8-2-1-3-9-14)16-11-5-7-13-18(16)20/h1-26H;5-17H,1-4H3;1-13H/i1D,2D,3D,6D,7D,8D,9D,10D,11D,14D,15D,16D,17D;;1D,2D,3D,4D,5D,6D,7D,8D,9D,10D,11D,12D,13D. The molecule has 5 heterocycles. The molecule has 1 aliphatic heterocycles. The third-order valence-electron chi connectivity index (χ3n) is 18.3. The molecule has 98 heavy (non-hydrogen) atoms. The summed E-state index contributed by atoms with van der Waals surface area (Å²) in [5, 5.41) is 6.96. The van der Waals surface area contributed by atoms with E-state index in [4.69, 9.17) is 49.4 Å². The lowest BCUT2D eigenvalue weighted by atomic mass is 9.75. The van der Waals surface area contributed by atoms with Crippen molar-refractivity contribution < 1.29 is 44.9 Å². The monoisotopic (exact) mass is 1350 g/mol. The zero-order valence-corrected chi connectivity index (χ0v) is 54.2. The SMILES string of the molecule is CC1(C)OB(c2ccc(-c3ccc4ccc5cccnc5c4n3)c3ccccc23)OC1(C)C.[2H]c1c([2H])c([2H])c(-c2c3c([2H])c([2H])c([2H])c([2H])c3c(-c3ccc(-c4ccc5ccc6ccncc6c5n4)c4ccccc34)c3c([2H])c([2H])c([2H])c([2H])c23)c([2H])c1[2H].[2H]c1c([2H])c([2H])c(-c2c3c([2H])c([2H])c([2H])c([2H])c3c(Br)c3c([2H])c([2H])c([2H])c([2H])c23)c([2H])c1[2H]. The van der Waals surface area contributed by atoms with Gasteiger partial charge in [-0.3, -0.25) is 9.97 Å². The van der Waals surface area contributed by atoms with Crippen LogP contribution in [0.15, 0.2) is 320 Å². The van der Waals surface area contributed by atoms with Crippen LogP contribution in [0, 0.1) is 0 Å². The number of pyridine rings is 4. The number of hydrogen-bond acceptors (Lipinski definition) is 6. The molecule has 18 aromatic rings. The number of fused-ring (bicyclic) bond motifs is 12. The minimum Gasteiger partial charge on any atom is -0.399 e. The highest BCUT2D eigenvalue weighted by Crippen LogP contribution is 2.48. The van der Waals surface area contributed by atoms with Gasteiger partial charge in [-0.2, -0.15) is 0 Å². The van der Waals surface area contributed by atoms with Crippen molar-refractivity contribution in [3.63, 3.8) is 0 Å². The molecule has 0 unspecified atom stereocenters. The van der Waals surface area contributed by atoms with Crippen LogP contribution in [0.2, 0.25) is 0 Å². The van der Waals surface area contributed by atoms with E-state index in [1.807, 2.05) is 66.9 Å². The van der Waals surface area contributed by atoms with Gasteiger partial charge < -0.3 is 9.31 Å². The Bertz CT molecular complexity index is 7600. The van der Waals surface area contributed by atoms with Gasteiger partial charge in [0.05, 0.1) is 74.8 Å². The smallest absolute Gasteiger partial charge is 0.399 e. The molecule has 1 saturated heterocycles. The summed E-state index contributed by atoms with van der Waals surface area (Å²) in [5.41, 5.74) is 5.21. The summed E-state index contributed by atoms with van der Waals surface area (Å²) in [4.78, 5) is 19.1. The van der Waals surface area contributed by atoms with Gasteiger partial charge in [0.15, 0.2) is 0 Å². The van der Waals surface area contributed by atoms with E-state index in [9.17, 15) is 5.48 Å². The highest BCUT2D eigenvalue weighted by molar-refractivity contribution is 9.10. The van der Waals surface area contributed by atoms with Crippen LogP contribution in [0.25, 0.3) is 164 Å². The van der Waals surface area contributed by atoms with Crippen molar-refractivity contribution in [1.29, 1.82) is 0 Å². The molecule has 1 fully saturated rings. The Hall–Kier alpha value is -11.3. The predicted octanol–water partition coefficient (Wildman–Crippen LogP) is 23.6. The van der Waals surface area contributed by atoms with Crippen LogP contribution in [0.5, 0.6) is 0 Å². The van der Waals surface area contributed by atoms with Crippen LogP contribution in [-0.2, 0) is 9.31 Å². The summed E-state index contributed by atoms with van der Waals surface area (Å²) in [6.07, 6.45) is 5.31. The van der Waals surface area contributed by atoms with Crippen LogP contribution >= 0.6 is 15.9 Å². The van der Waals surface area contributed by atoms with Crippen molar-refractivity contribution in [3.05, 3.63) is 320 Å². The van der Waals surface area contributed by atoms with Crippen molar-refractivity contribution in [2.24, 2.45) is 0 Å². The lowest BCUT2D eigenvalue weighted by Crippen LogP contribution is -2.41. The summed E-state index contributed by atoms with van der Waals surface area (Å²) in [6.45, 7) is 8.34. The zero-order valence-electron chi connectivity index (χ0n) is 78.6. The van der Waals surface area contributed by atoms with Gasteiger partial charge in [0.2, 0.25) is 0 Å². The van der Waals surface area contributed by atoms with Crippen LogP contribution in [0.3, 0.4) is 0 Å². The Morgan fingerprint density at radius 3 is 1.30 bits per heavy atom. The van der Waals surface area contributed by atoms with Crippen LogP contribution < -0.4 is 5.46 Å². The molecule has 14 aromatic carbocycles. The Balaban J connectivity index is 0.000000140. The minimum absolute atomic E-state index is 0.0207. The lowest BCUT2D eigenvalue weighted by molar-refractivity contribution is 0.00578. The first kappa shape index (κ1) is 38.5. The maximum absolute atomic E-state index is 9.33. The summed E-state index contributed by atoms with van der Waals surface area (Å²) >= 11 is 3.26. The zero-order chi connectivity index (χ0) is 88.7. The van der Waals surface area contributed by atoms with Gasteiger partial charge in [0, 0.05) is 55.7 Å². The fraction of sp³-hybridized carbons (Fsp3) is 0.0667. The lowest BCUT2D eigenvalue weighted by Gasteiger charge is -2.32. The summed E-state index contributed by atoms with van der Waals surface area (Å²) in [7, 11) is -0.411. The van der Waals surface area contributed by atoms with Crippen molar-refractivity contribution in [1.82, 2.24) is 19.9 Å². The van der Waals surface area contributed by atoms with Crippen LogP contribution in [0.4, 0.5) is 0 Å². The summed E-state index contributed by atoms with van der Waals surface area (Å²) in [6, 6.07) is 29.3. The Labute approximate surface area is 613 Å². The van der Waals surface area contributed by atoms with E-state index in [1.165, 1.54) is 0 Å². The third-order valence-corrected chi connectivity index (χ3v) is 19.1. The maximum atomic E-state index is 9.33. The third kappa shape index (κ3) is 10.5. The molecule has 6 nitrogen and oxygen atoms in total. The Kier molecular flexibility index (Phi) is 9.72. The minimum atomic E-state index is -0.716. The van der Waals surface area contributed by atoms with Gasteiger partial charge in [-0.25, -0.2) is 9.97 Å². The van der Waals surface area contributed by atoms with Gasteiger partial charge in [-0.05, 0) is 177 Å². The highest BCUT2D eigenvalue weighted by atomic mass is 79.9. The average Bonchev–Trinajstić information content (AvgIpc) is 0.743. The number of benzene rings is 14. The second-order valence-corrected chi connectivity index (χ2v) is 25.1. The molecule has 0 radical (unpaired) electrons. The summed E-state index contributed by atoms with van der Waals surface area (Å²) < 4.78 is 235. The van der Waals surface area contributed by atoms with E-state index in [-0.39, 0.29) is 75.5 Å². The van der Waals surface area contributed by atoms with Crippen molar-refractivity contribution >= 4 is 137 Å². The largest absolute Gasteiger partial charge is 0.495 e. The molecular weight excluding hydrogens is 1260 g/mol. The first-order valence-corrected chi connectivity index (χ1v) is 32.0. The van der Waals surface area contributed by atoms with Gasteiger partial charge in [0.1, 0.15) is 0 Å². The molecule has 4 aromatic heterocycles. The van der Waals surface area contributed by atoms with Crippen molar-refractivity contribution in [3.8, 4) is 55.9 Å². The van der Waals surface area contributed by atoms with Crippen molar-refractivity contribution in [2.75, 3.05) is 0 Å². The van der Waals surface area contributed by atoms with Gasteiger partial charge in [0.25, 0.3) is 0 Å². The van der Waals surface area contributed by atoms with Gasteiger partial charge >= 0.3 is 7.12 Å². The molecule has 0 spiro atoms. The fourth-order valence-corrected chi connectivity index (χ4v) is 13.6. The second-order valence-electron chi connectivity index (χ2n) is 24.3. The molecular formula is C90H64BBrN4O2. The first-order valence-electron chi connectivity index (χ1n) is 44.2. The van der Waals surface area contributed by atoms with E-state index < -0.39 is 175 Å². The van der Waals surface area contributed by atoms with E-state index >= 15 is 0 Å². The topological polar surface area (TPSA) is 70.0 Å². The molecule has 19 rings (SSSR count). The highest BCUT2D eigenvalue weighted by Gasteiger charge is 2.52.